The number of nitrogens with one attached hydrogen (secondary N) is 2. The van der Waals surface area contributed by atoms with Gasteiger partial charge in [0.25, 0.3) is 5.56 Å². The molecule has 9 heteroatoms. The van der Waals surface area contributed by atoms with Gasteiger partial charge in [0.1, 0.15) is 5.82 Å². The molecule has 4 N–H and O–H groups in total. The van der Waals surface area contributed by atoms with Crippen molar-refractivity contribution >= 4 is 17.4 Å². The molecule has 0 aliphatic rings. The largest absolute Gasteiger partial charge is 0.384 e. The van der Waals surface area contributed by atoms with E-state index in [9.17, 15) is 9.59 Å². The topological polar surface area (TPSA) is 120 Å². The monoisotopic (exact) mass is 457 g/mol. The lowest BCUT2D eigenvalue weighted by Gasteiger charge is -2.18. The fraction of sp³-hybridized carbons (Fsp3) is 0.200. The summed E-state index contributed by atoms with van der Waals surface area (Å²) in [6, 6.07) is 16.8. The molecule has 1 atom stereocenters. The molecule has 3 aromatic heterocycles. The van der Waals surface area contributed by atoms with Gasteiger partial charge in [0.15, 0.2) is 0 Å². The van der Waals surface area contributed by atoms with Crippen molar-refractivity contribution in [3.05, 3.63) is 99.9 Å². The van der Waals surface area contributed by atoms with Crippen molar-refractivity contribution in [2.75, 3.05) is 16.5 Å². The first-order valence-corrected chi connectivity index (χ1v) is 10.9. The Hall–Kier alpha value is -4.40. The maximum Gasteiger partial charge on any atom is 0.273 e. The van der Waals surface area contributed by atoms with Gasteiger partial charge in [0, 0.05) is 18.0 Å². The summed E-state index contributed by atoms with van der Waals surface area (Å²) in [6.45, 7) is 5.68. The van der Waals surface area contributed by atoms with E-state index < -0.39 is 5.92 Å². The summed E-state index contributed by atoms with van der Waals surface area (Å²) >= 11 is 0. The fourth-order valence-electron chi connectivity index (χ4n) is 3.81. The predicted molar refractivity (Wildman–Crippen MR) is 132 cm³/mol. The van der Waals surface area contributed by atoms with Crippen LogP contribution in [-0.4, -0.2) is 25.3 Å². The molecule has 0 fully saturated rings. The highest BCUT2D eigenvalue weighted by Crippen LogP contribution is 2.20. The Morgan fingerprint density at radius 1 is 1.09 bits per heavy atom. The molecule has 4 aromatic rings. The summed E-state index contributed by atoms with van der Waals surface area (Å²) in [5.41, 5.74) is 12.7. The molecule has 0 saturated heterocycles. The van der Waals surface area contributed by atoms with Crippen molar-refractivity contribution in [1.29, 1.82) is 0 Å². The molecule has 1 aromatic carbocycles. The van der Waals surface area contributed by atoms with Crippen LogP contribution in [0.4, 0.5) is 11.5 Å². The van der Waals surface area contributed by atoms with Gasteiger partial charge in [0.05, 0.1) is 35.2 Å². The molecule has 0 radical (unpaired) electrons. The predicted octanol–water partition coefficient (Wildman–Crippen LogP) is 3.11. The number of carbonyl (C=O) groups is 1. The van der Waals surface area contributed by atoms with Crippen molar-refractivity contribution in [1.82, 2.24) is 19.4 Å². The number of anilines is 2. The molecule has 4 rings (SSSR count). The lowest BCUT2D eigenvalue weighted by atomic mass is 9.97. The number of nitrogens with two attached hydrogens (primary N) is 1. The first-order chi connectivity index (χ1) is 16.3. The molecule has 1 unspecified atom stereocenters. The molecule has 0 bridgehead atoms. The first-order valence-electron chi connectivity index (χ1n) is 10.9. The molecule has 1 amide bonds. The van der Waals surface area contributed by atoms with E-state index in [1.807, 2.05) is 54.1 Å². The van der Waals surface area contributed by atoms with Gasteiger partial charge in [-0.15, -0.1) is 0 Å². The zero-order valence-corrected chi connectivity index (χ0v) is 19.3. The number of nitrogens with zero attached hydrogens (tertiary/aromatic N) is 4. The number of nitrogen functional groups attached to an aromatic ring is 1. The van der Waals surface area contributed by atoms with Crippen LogP contribution in [0.25, 0.3) is 5.69 Å². The minimum absolute atomic E-state index is 0.277. The van der Waals surface area contributed by atoms with E-state index in [1.54, 1.807) is 38.4 Å². The van der Waals surface area contributed by atoms with E-state index in [0.717, 1.165) is 16.9 Å². The van der Waals surface area contributed by atoms with Gasteiger partial charge in [0.2, 0.25) is 5.91 Å². The summed E-state index contributed by atoms with van der Waals surface area (Å²) < 4.78 is 3.22. The summed E-state index contributed by atoms with van der Waals surface area (Å²) in [4.78, 5) is 30.4. The Morgan fingerprint density at radius 3 is 2.59 bits per heavy atom. The van der Waals surface area contributed by atoms with Crippen LogP contribution in [-0.2, 0) is 11.3 Å². The van der Waals surface area contributed by atoms with Gasteiger partial charge < -0.3 is 16.5 Å². The number of benzene rings is 1. The van der Waals surface area contributed by atoms with Gasteiger partial charge in [-0.2, -0.15) is 5.10 Å². The summed E-state index contributed by atoms with van der Waals surface area (Å²) in [5.74, 6) is -0.589. The molecule has 0 saturated carbocycles. The number of para-hydroxylation sites is 1. The van der Waals surface area contributed by atoms with E-state index >= 15 is 0 Å². The van der Waals surface area contributed by atoms with Crippen LogP contribution >= 0.6 is 0 Å². The second-order valence-electron chi connectivity index (χ2n) is 8.07. The Kier molecular flexibility index (Phi) is 6.44. The molecule has 174 valence electrons. The highest BCUT2D eigenvalue weighted by molar-refractivity contribution is 5.96. The normalized spacial score (nSPS) is 11.7. The Labute approximate surface area is 197 Å². The smallest absolute Gasteiger partial charge is 0.273 e. The Balaban J connectivity index is 1.54. The number of hydrogen-bond donors (Lipinski definition) is 3. The van der Waals surface area contributed by atoms with E-state index in [0.29, 0.717) is 29.3 Å². The standard InChI is InChI=1S/C25H27N7O2/c1-16-12-14-31(28-15-20-11-13-27-32(20)19-7-5-4-6-8-19)25(34)23(16)17(2)24(33)30-21-9-10-22(26)29-18(21)3/h4-14,17,28H,15H2,1-3H3,(H2,26,29)(H,30,33). The van der Waals surface area contributed by atoms with Gasteiger partial charge >= 0.3 is 0 Å². The van der Waals surface area contributed by atoms with Gasteiger partial charge in [-0.3, -0.25) is 9.59 Å². The molecule has 0 aliphatic heterocycles. The average Bonchev–Trinajstić information content (AvgIpc) is 3.29. The third-order valence-electron chi connectivity index (χ3n) is 5.69. The maximum absolute atomic E-state index is 13.3. The van der Waals surface area contributed by atoms with Crippen molar-refractivity contribution < 1.29 is 4.79 Å². The fourth-order valence-corrected chi connectivity index (χ4v) is 3.81. The quantitative estimate of drug-likeness (QED) is 0.392. The Morgan fingerprint density at radius 2 is 1.85 bits per heavy atom. The molecule has 3 heterocycles. The van der Waals surface area contributed by atoms with Crippen LogP contribution < -0.4 is 22.0 Å². The third-order valence-corrected chi connectivity index (χ3v) is 5.69. The van der Waals surface area contributed by atoms with Crippen LogP contribution in [0.1, 0.15) is 35.4 Å². The van der Waals surface area contributed by atoms with Crippen molar-refractivity contribution in [3.63, 3.8) is 0 Å². The third kappa shape index (κ3) is 4.68. The highest BCUT2D eigenvalue weighted by atomic mass is 16.2. The number of aromatic nitrogens is 4. The lowest BCUT2D eigenvalue weighted by molar-refractivity contribution is -0.117. The van der Waals surface area contributed by atoms with Crippen molar-refractivity contribution in [2.45, 2.75) is 33.2 Å². The zero-order valence-electron chi connectivity index (χ0n) is 19.3. The average molecular weight is 458 g/mol. The molecular weight excluding hydrogens is 430 g/mol. The molecule has 0 spiro atoms. The number of carbonyl (C=O) groups excluding carboxylic acids is 1. The van der Waals surface area contributed by atoms with Crippen molar-refractivity contribution in [2.24, 2.45) is 0 Å². The molecule has 9 nitrogen and oxygen atoms in total. The van der Waals surface area contributed by atoms with Gasteiger partial charge in [-0.05, 0) is 62.7 Å². The van der Waals surface area contributed by atoms with Crippen LogP contribution in [0.15, 0.2) is 71.8 Å². The van der Waals surface area contributed by atoms with Crippen molar-refractivity contribution in [3.8, 4) is 5.69 Å². The number of pyridine rings is 2. The number of rotatable bonds is 7. The van der Waals surface area contributed by atoms with E-state index in [4.69, 9.17) is 5.73 Å². The lowest BCUT2D eigenvalue weighted by Crippen LogP contribution is -2.34. The second kappa shape index (κ2) is 9.62. The minimum atomic E-state index is -0.673. The van der Waals surface area contributed by atoms with E-state index in [1.165, 1.54) is 4.68 Å². The van der Waals surface area contributed by atoms with Crippen LogP contribution in [0, 0.1) is 13.8 Å². The number of hydrogen-bond acceptors (Lipinski definition) is 6. The van der Waals surface area contributed by atoms with Crippen LogP contribution in [0.2, 0.25) is 0 Å². The van der Waals surface area contributed by atoms with E-state index in [-0.39, 0.29) is 11.5 Å². The number of amides is 1. The van der Waals surface area contributed by atoms with Crippen LogP contribution in [0.5, 0.6) is 0 Å². The van der Waals surface area contributed by atoms with Gasteiger partial charge in [-0.25, -0.2) is 14.3 Å². The van der Waals surface area contributed by atoms with Gasteiger partial charge in [-0.1, -0.05) is 18.2 Å². The Bertz CT molecular complexity index is 1380. The maximum atomic E-state index is 13.3. The van der Waals surface area contributed by atoms with Crippen LogP contribution in [0.3, 0.4) is 0 Å². The summed E-state index contributed by atoms with van der Waals surface area (Å²) in [5, 5.41) is 7.23. The molecule has 0 aliphatic carbocycles. The minimum Gasteiger partial charge on any atom is -0.384 e. The SMILES string of the molecule is Cc1ccn(NCc2ccnn2-c2ccccc2)c(=O)c1C(C)C(=O)Nc1ccc(N)nc1C. The molecular formula is C25H27N7O2. The summed E-state index contributed by atoms with van der Waals surface area (Å²) in [7, 11) is 0. The molecule has 34 heavy (non-hydrogen) atoms. The zero-order chi connectivity index (χ0) is 24.2. The number of aryl methyl sites for hydroxylation is 2. The second-order valence-corrected chi connectivity index (χ2v) is 8.07. The first kappa shape index (κ1) is 22.8. The summed E-state index contributed by atoms with van der Waals surface area (Å²) in [6.07, 6.45) is 3.39. The van der Waals surface area contributed by atoms with E-state index in [2.05, 4.69) is 20.8 Å². The highest BCUT2D eigenvalue weighted by Gasteiger charge is 2.22.